The van der Waals surface area contributed by atoms with Gasteiger partial charge in [0.15, 0.2) is 0 Å². The lowest BCUT2D eigenvalue weighted by molar-refractivity contribution is 0.778. The molecule has 0 aromatic heterocycles. The third-order valence-corrected chi connectivity index (χ3v) is 4.39. The van der Waals surface area contributed by atoms with E-state index in [1.165, 1.54) is 29.9 Å². The van der Waals surface area contributed by atoms with Gasteiger partial charge < -0.3 is 5.73 Å². The molecule has 2 N–H and O–H groups in total. The predicted octanol–water partition coefficient (Wildman–Crippen LogP) is 4.62. The molecule has 1 rings (SSSR count). The summed E-state index contributed by atoms with van der Waals surface area (Å²) in [6, 6.07) is 4.16. The molecule has 1 aromatic carbocycles. The van der Waals surface area contributed by atoms with E-state index in [0.29, 0.717) is 0 Å². The van der Waals surface area contributed by atoms with Crippen molar-refractivity contribution in [3.63, 3.8) is 0 Å². The van der Waals surface area contributed by atoms with Crippen LogP contribution >= 0.6 is 27.7 Å². The van der Waals surface area contributed by atoms with Crippen molar-refractivity contribution in [1.29, 1.82) is 0 Å². The molecule has 3 heteroatoms. The summed E-state index contributed by atoms with van der Waals surface area (Å²) in [6.45, 7) is 4.28. The highest BCUT2D eigenvalue weighted by Crippen LogP contribution is 2.31. The van der Waals surface area contributed by atoms with Gasteiger partial charge in [-0.2, -0.15) is 0 Å². The minimum atomic E-state index is 0.861. The van der Waals surface area contributed by atoms with Gasteiger partial charge in [0.2, 0.25) is 0 Å². The number of nitrogen functional groups attached to an aromatic ring is 1. The van der Waals surface area contributed by atoms with E-state index in [1.54, 1.807) is 0 Å². The minimum Gasteiger partial charge on any atom is -0.398 e. The summed E-state index contributed by atoms with van der Waals surface area (Å²) < 4.78 is 1.12. The topological polar surface area (TPSA) is 26.0 Å². The summed E-state index contributed by atoms with van der Waals surface area (Å²) in [4.78, 5) is 1.30. The quantitative estimate of drug-likeness (QED) is 0.486. The highest BCUT2D eigenvalue weighted by molar-refractivity contribution is 9.10. The van der Waals surface area contributed by atoms with Crippen molar-refractivity contribution in [2.24, 2.45) is 0 Å². The van der Waals surface area contributed by atoms with E-state index in [4.69, 9.17) is 5.73 Å². The molecule has 0 saturated carbocycles. The van der Waals surface area contributed by atoms with Crippen LogP contribution in [-0.2, 0) is 0 Å². The van der Waals surface area contributed by atoms with Crippen molar-refractivity contribution in [2.45, 2.75) is 38.0 Å². The van der Waals surface area contributed by atoms with Gasteiger partial charge in [-0.1, -0.05) is 19.8 Å². The molecule has 1 nitrogen and oxygen atoms in total. The Hall–Kier alpha value is -0.150. The van der Waals surface area contributed by atoms with E-state index in [0.717, 1.165) is 15.7 Å². The molecule has 0 aliphatic carbocycles. The summed E-state index contributed by atoms with van der Waals surface area (Å²) in [5.41, 5.74) is 7.85. The number of benzene rings is 1. The van der Waals surface area contributed by atoms with Crippen LogP contribution in [0.25, 0.3) is 0 Å². The Bertz CT molecular complexity index is 326. The zero-order valence-corrected chi connectivity index (χ0v) is 11.7. The van der Waals surface area contributed by atoms with Crippen molar-refractivity contribution in [2.75, 3.05) is 11.5 Å². The second-order valence-electron chi connectivity index (χ2n) is 3.69. The molecular weight excluding hydrogens is 270 g/mol. The number of anilines is 1. The summed E-state index contributed by atoms with van der Waals surface area (Å²) in [5.74, 6) is 1.19. The molecule has 0 radical (unpaired) electrons. The van der Waals surface area contributed by atoms with Crippen LogP contribution in [0.3, 0.4) is 0 Å². The van der Waals surface area contributed by atoms with Crippen LogP contribution in [0.2, 0.25) is 0 Å². The SMILES string of the molecule is CCCCCSc1cc(C)c(N)cc1Br. The fourth-order valence-electron chi connectivity index (χ4n) is 1.32. The molecule has 0 aliphatic rings. The smallest absolute Gasteiger partial charge is 0.0355 e. The molecule has 0 bridgehead atoms. The summed E-state index contributed by atoms with van der Waals surface area (Å²) >= 11 is 5.46. The third kappa shape index (κ3) is 4.07. The molecule has 0 spiro atoms. The summed E-state index contributed by atoms with van der Waals surface area (Å²) in [7, 11) is 0. The van der Waals surface area contributed by atoms with Crippen LogP contribution < -0.4 is 5.73 Å². The number of unbranched alkanes of at least 4 members (excludes halogenated alkanes) is 2. The molecule has 0 atom stereocenters. The van der Waals surface area contributed by atoms with Crippen molar-refractivity contribution >= 4 is 33.4 Å². The van der Waals surface area contributed by atoms with Gasteiger partial charge in [-0.15, -0.1) is 11.8 Å². The van der Waals surface area contributed by atoms with Gasteiger partial charge in [0.05, 0.1) is 0 Å². The lowest BCUT2D eigenvalue weighted by Crippen LogP contribution is -1.91. The van der Waals surface area contributed by atoms with Gasteiger partial charge >= 0.3 is 0 Å². The maximum atomic E-state index is 5.83. The maximum Gasteiger partial charge on any atom is 0.0355 e. The van der Waals surface area contributed by atoms with Gasteiger partial charge in [-0.25, -0.2) is 0 Å². The monoisotopic (exact) mass is 287 g/mol. The number of hydrogen-bond donors (Lipinski definition) is 1. The zero-order chi connectivity index (χ0) is 11.3. The highest BCUT2D eigenvalue weighted by atomic mass is 79.9. The van der Waals surface area contributed by atoms with Gasteiger partial charge in [0.25, 0.3) is 0 Å². The Morgan fingerprint density at radius 3 is 2.73 bits per heavy atom. The van der Waals surface area contributed by atoms with Crippen molar-refractivity contribution in [1.82, 2.24) is 0 Å². The second kappa shape index (κ2) is 6.44. The van der Waals surface area contributed by atoms with Crippen molar-refractivity contribution < 1.29 is 0 Å². The zero-order valence-electron chi connectivity index (χ0n) is 9.35. The second-order valence-corrected chi connectivity index (χ2v) is 5.69. The van der Waals surface area contributed by atoms with Crippen LogP contribution in [0.5, 0.6) is 0 Å². The fourth-order valence-corrected chi connectivity index (χ4v) is 3.04. The van der Waals surface area contributed by atoms with Crippen LogP contribution in [-0.4, -0.2) is 5.75 Å². The number of thioether (sulfide) groups is 1. The Morgan fingerprint density at radius 2 is 2.07 bits per heavy atom. The first kappa shape index (κ1) is 12.9. The number of hydrogen-bond acceptors (Lipinski definition) is 2. The number of halogens is 1. The number of aryl methyl sites for hydroxylation is 1. The van der Waals surface area contributed by atoms with Crippen LogP contribution in [0, 0.1) is 6.92 Å². The molecular formula is C12H18BrNS. The average molecular weight is 288 g/mol. The molecule has 0 heterocycles. The molecule has 84 valence electrons. The molecule has 1 aromatic rings. The maximum absolute atomic E-state index is 5.83. The molecule has 0 aliphatic heterocycles. The third-order valence-electron chi connectivity index (χ3n) is 2.33. The van der Waals surface area contributed by atoms with E-state index in [-0.39, 0.29) is 0 Å². The van der Waals surface area contributed by atoms with Gasteiger partial charge in [0.1, 0.15) is 0 Å². The molecule has 15 heavy (non-hydrogen) atoms. The standard InChI is InChI=1S/C12H18BrNS/c1-3-4-5-6-15-12-7-9(2)11(14)8-10(12)13/h7-8H,3-6,14H2,1-2H3. The first-order valence-corrected chi connectivity index (χ1v) is 7.11. The van der Waals surface area contributed by atoms with Gasteiger partial charge in [-0.05, 0) is 52.7 Å². The lowest BCUT2D eigenvalue weighted by Gasteiger charge is -2.07. The van der Waals surface area contributed by atoms with Crippen molar-refractivity contribution in [3.05, 3.63) is 22.2 Å². The van der Waals surface area contributed by atoms with E-state index in [1.807, 2.05) is 17.8 Å². The molecule has 0 fully saturated rings. The first-order chi connectivity index (χ1) is 7.15. The Balaban J connectivity index is 2.57. The van der Waals surface area contributed by atoms with Gasteiger partial charge in [0, 0.05) is 15.1 Å². The number of nitrogens with two attached hydrogens (primary N) is 1. The fraction of sp³-hybridized carbons (Fsp3) is 0.500. The summed E-state index contributed by atoms with van der Waals surface area (Å²) in [6.07, 6.45) is 3.89. The normalized spacial score (nSPS) is 10.6. The predicted molar refractivity (Wildman–Crippen MR) is 73.5 cm³/mol. The minimum absolute atomic E-state index is 0.861. The molecule has 0 unspecified atom stereocenters. The van der Waals surface area contributed by atoms with E-state index in [9.17, 15) is 0 Å². The van der Waals surface area contributed by atoms with E-state index >= 15 is 0 Å². The lowest BCUT2D eigenvalue weighted by atomic mass is 10.2. The molecule has 0 amide bonds. The average Bonchev–Trinajstić information content (AvgIpc) is 2.20. The Labute approximate surface area is 105 Å². The Kier molecular flexibility index (Phi) is 5.54. The van der Waals surface area contributed by atoms with Crippen LogP contribution in [0.4, 0.5) is 5.69 Å². The molecule has 0 saturated heterocycles. The number of rotatable bonds is 5. The van der Waals surface area contributed by atoms with E-state index in [2.05, 4.69) is 35.8 Å². The van der Waals surface area contributed by atoms with E-state index < -0.39 is 0 Å². The van der Waals surface area contributed by atoms with Crippen LogP contribution in [0.1, 0.15) is 31.7 Å². The van der Waals surface area contributed by atoms with Gasteiger partial charge in [-0.3, -0.25) is 0 Å². The Morgan fingerprint density at radius 1 is 1.33 bits per heavy atom. The van der Waals surface area contributed by atoms with Crippen molar-refractivity contribution in [3.8, 4) is 0 Å². The first-order valence-electron chi connectivity index (χ1n) is 5.33. The van der Waals surface area contributed by atoms with Crippen LogP contribution in [0.15, 0.2) is 21.5 Å². The highest BCUT2D eigenvalue weighted by Gasteiger charge is 2.03. The summed E-state index contributed by atoms with van der Waals surface area (Å²) in [5, 5.41) is 0. The largest absolute Gasteiger partial charge is 0.398 e.